The Bertz CT molecular complexity index is 418. The van der Waals surface area contributed by atoms with Gasteiger partial charge < -0.3 is 16.2 Å². The maximum Gasteiger partial charge on any atom is 0.326 e. The van der Waals surface area contributed by atoms with E-state index in [1.165, 1.54) is 0 Å². The molecular formula is C14H20N2O3. The average Bonchev–Trinajstić information content (AvgIpc) is 2.36. The molecule has 0 spiro atoms. The van der Waals surface area contributed by atoms with Gasteiger partial charge in [-0.2, -0.15) is 0 Å². The first-order valence-corrected chi connectivity index (χ1v) is 6.30. The van der Waals surface area contributed by atoms with Crippen molar-refractivity contribution in [3.8, 4) is 0 Å². The Morgan fingerprint density at radius 2 is 1.95 bits per heavy atom. The van der Waals surface area contributed by atoms with Gasteiger partial charge in [0.25, 0.3) is 0 Å². The van der Waals surface area contributed by atoms with Crippen LogP contribution in [0.5, 0.6) is 0 Å². The third-order valence-corrected chi connectivity index (χ3v) is 2.74. The Hall–Kier alpha value is -1.88. The largest absolute Gasteiger partial charge is 0.480 e. The molecule has 0 aliphatic carbocycles. The van der Waals surface area contributed by atoms with Gasteiger partial charge in [0.15, 0.2) is 0 Å². The summed E-state index contributed by atoms with van der Waals surface area (Å²) < 4.78 is 0. The van der Waals surface area contributed by atoms with Crippen molar-refractivity contribution < 1.29 is 14.7 Å². The lowest BCUT2D eigenvalue weighted by Crippen LogP contribution is -2.42. The lowest BCUT2D eigenvalue weighted by Gasteiger charge is -2.15. The van der Waals surface area contributed by atoms with E-state index in [0.29, 0.717) is 6.42 Å². The molecule has 2 atom stereocenters. The van der Waals surface area contributed by atoms with E-state index in [1.54, 1.807) is 0 Å². The van der Waals surface area contributed by atoms with Gasteiger partial charge in [-0.1, -0.05) is 30.3 Å². The maximum atomic E-state index is 11.6. The second kappa shape index (κ2) is 7.53. The molecule has 1 amide bonds. The van der Waals surface area contributed by atoms with E-state index in [9.17, 15) is 9.59 Å². The Balaban J connectivity index is 2.54. The van der Waals surface area contributed by atoms with Crippen LogP contribution in [-0.2, 0) is 16.0 Å². The molecule has 0 heterocycles. The van der Waals surface area contributed by atoms with Crippen LogP contribution in [0, 0.1) is 0 Å². The van der Waals surface area contributed by atoms with Crippen LogP contribution in [0.4, 0.5) is 0 Å². The standard InChI is InChI=1S/C14H20N2O3/c1-10(15)7-8-13(17)16-12(14(18)19)9-11-5-3-2-4-6-11/h2-6,10,12H,7-9,15H2,1H3,(H,16,17)(H,18,19)/t10?,12-/m1/s1. The second-order valence-corrected chi connectivity index (χ2v) is 4.66. The predicted molar refractivity (Wildman–Crippen MR) is 72.6 cm³/mol. The van der Waals surface area contributed by atoms with Crippen molar-refractivity contribution in [2.75, 3.05) is 0 Å². The van der Waals surface area contributed by atoms with Gasteiger partial charge in [-0.25, -0.2) is 4.79 Å². The lowest BCUT2D eigenvalue weighted by atomic mass is 10.1. The second-order valence-electron chi connectivity index (χ2n) is 4.66. The van der Waals surface area contributed by atoms with Gasteiger partial charge in [0.05, 0.1) is 0 Å². The van der Waals surface area contributed by atoms with Gasteiger partial charge >= 0.3 is 5.97 Å². The summed E-state index contributed by atoms with van der Waals surface area (Å²) in [6, 6.07) is 8.25. The molecule has 19 heavy (non-hydrogen) atoms. The number of carbonyl (C=O) groups is 2. The minimum absolute atomic E-state index is 0.0665. The number of carbonyl (C=O) groups excluding carboxylic acids is 1. The van der Waals surface area contributed by atoms with Gasteiger partial charge in [-0.05, 0) is 18.9 Å². The number of hydrogen-bond acceptors (Lipinski definition) is 3. The highest BCUT2D eigenvalue weighted by atomic mass is 16.4. The summed E-state index contributed by atoms with van der Waals surface area (Å²) in [4.78, 5) is 22.8. The number of amides is 1. The van der Waals surface area contributed by atoms with Gasteiger partial charge in [0.1, 0.15) is 6.04 Å². The van der Waals surface area contributed by atoms with E-state index < -0.39 is 12.0 Å². The summed E-state index contributed by atoms with van der Waals surface area (Å²) in [6.07, 6.45) is 1.07. The molecule has 1 rings (SSSR count). The first kappa shape index (κ1) is 15.2. The fraction of sp³-hybridized carbons (Fsp3) is 0.429. The highest BCUT2D eigenvalue weighted by Gasteiger charge is 2.20. The Kier molecular flexibility index (Phi) is 6.02. The normalized spacial score (nSPS) is 13.6. The highest BCUT2D eigenvalue weighted by Crippen LogP contribution is 2.04. The zero-order valence-electron chi connectivity index (χ0n) is 11.0. The molecule has 0 radical (unpaired) electrons. The topological polar surface area (TPSA) is 92.4 Å². The van der Waals surface area contributed by atoms with E-state index in [4.69, 9.17) is 10.8 Å². The Labute approximate surface area is 112 Å². The third kappa shape index (κ3) is 6.01. The highest BCUT2D eigenvalue weighted by molar-refractivity contribution is 5.83. The molecule has 0 saturated carbocycles. The van der Waals surface area contributed by atoms with Crippen LogP contribution in [0.1, 0.15) is 25.3 Å². The van der Waals surface area contributed by atoms with Crippen molar-refractivity contribution in [1.29, 1.82) is 0 Å². The van der Waals surface area contributed by atoms with Gasteiger partial charge in [0, 0.05) is 18.9 Å². The fourth-order valence-electron chi connectivity index (χ4n) is 1.68. The number of benzene rings is 1. The number of carboxylic acids is 1. The van der Waals surface area contributed by atoms with Crippen molar-refractivity contribution in [2.24, 2.45) is 5.73 Å². The molecule has 0 saturated heterocycles. The van der Waals surface area contributed by atoms with Crippen molar-refractivity contribution in [1.82, 2.24) is 5.32 Å². The summed E-state index contributed by atoms with van der Waals surface area (Å²) >= 11 is 0. The molecule has 5 heteroatoms. The first-order valence-electron chi connectivity index (χ1n) is 6.30. The first-order chi connectivity index (χ1) is 8.99. The van der Waals surface area contributed by atoms with E-state index in [-0.39, 0.29) is 24.8 Å². The molecule has 4 N–H and O–H groups in total. The number of rotatable bonds is 7. The van der Waals surface area contributed by atoms with Crippen LogP contribution in [0.15, 0.2) is 30.3 Å². The summed E-state index contributed by atoms with van der Waals surface area (Å²) in [5.74, 6) is -1.31. The summed E-state index contributed by atoms with van der Waals surface area (Å²) in [5.41, 5.74) is 6.44. The number of hydrogen-bond donors (Lipinski definition) is 3. The van der Waals surface area contributed by atoms with Crippen LogP contribution in [-0.4, -0.2) is 29.1 Å². The van der Waals surface area contributed by atoms with E-state index in [2.05, 4.69) is 5.32 Å². The SMILES string of the molecule is CC(N)CCC(=O)N[C@H](Cc1ccccc1)C(=O)O. The van der Waals surface area contributed by atoms with Crippen LogP contribution in [0.2, 0.25) is 0 Å². The van der Waals surface area contributed by atoms with E-state index >= 15 is 0 Å². The van der Waals surface area contributed by atoms with Crippen LogP contribution in [0.25, 0.3) is 0 Å². The third-order valence-electron chi connectivity index (χ3n) is 2.74. The van der Waals surface area contributed by atoms with Crippen LogP contribution >= 0.6 is 0 Å². The minimum Gasteiger partial charge on any atom is -0.480 e. The molecule has 104 valence electrons. The van der Waals surface area contributed by atoms with Crippen LogP contribution in [0.3, 0.4) is 0 Å². The van der Waals surface area contributed by atoms with Crippen LogP contribution < -0.4 is 11.1 Å². The van der Waals surface area contributed by atoms with Gasteiger partial charge in [-0.3, -0.25) is 4.79 Å². The number of nitrogens with two attached hydrogens (primary N) is 1. The predicted octanol–water partition coefficient (Wildman–Crippen LogP) is 0.926. The average molecular weight is 264 g/mol. The molecule has 0 fully saturated rings. The molecule has 0 bridgehead atoms. The van der Waals surface area contributed by atoms with Gasteiger partial charge in [-0.15, -0.1) is 0 Å². The zero-order chi connectivity index (χ0) is 14.3. The quantitative estimate of drug-likeness (QED) is 0.683. The number of nitrogens with one attached hydrogen (secondary N) is 1. The van der Waals surface area contributed by atoms with Crippen molar-refractivity contribution in [3.63, 3.8) is 0 Å². The molecule has 0 aliphatic rings. The van der Waals surface area contributed by atoms with Gasteiger partial charge in [0.2, 0.25) is 5.91 Å². The molecule has 0 aromatic heterocycles. The zero-order valence-corrected chi connectivity index (χ0v) is 11.0. The molecule has 1 aromatic rings. The van der Waals surface area contributed by atoms with E-state index in [1.807, 2.05) is 37.3 Å². The lowest BCUT2D eigenvalue weighted by molar-refractivity contribution is -0.141. The summed E-state index contributed by atoms with van der Waals surface area (Å²) in [6.45, 7) is 1.81. The summed E-state index contributed by atoms with van der Waals surface area (Å²) in [7, 11) is 0. The summed E-state index contributed by atoms with van der Waals surface area (Å²) in [5, 5.41) is 11.6. The monoisotopic (exact) mass is 264 g/mol. The van der Waals surface area contributed by atoms with E-state index in [0.717, 1.165) is 5.56 Å². The van der Waals surface area contributed by atoms with Crippen molar-refractivity contribution in [2.45, 2.75) is 38.3 Å². The number of carboxylic acid groups (broad SMARTS) is 1. The molecule has 0 aliphatic heterocycles. The molecule has 1 aromatic carbocycles. The molecule has 5 nitrogen and oxygen atoms in total. The molecular weight excluding hydrogens is 244 g/mol. The fourth-order valence-corrected chi connectivity index (χ4v) is 1.68. The number of aliphatic carboxylic acids is 1. The molecule has 1 unspecified atom stereocenters. The smallest absolute Gasteiger partial charge is 0.326 e. The minimum atomic E-state index is -1.03. The maximum absolute atomic E-state index is 11.6. The van der Waals surface area contributed by atoms with Crippen molar-refractivity contribution in [3.05, 3.63) is 35.9 Å². The Morgan fingerprint density at radius 1 is 1.32 bits per heavy atom. The van der Waals surface area contributed by atoms with Crippen molar-refractivity contribution >= 4 is 11.9 Å². The Morgan fingerprint density at radius 3 is 2.47 bits per heavy atom.